The molecule has 30 heavy (non-hydrogen) atoms. The summed E-state index contributed by atoms with van der Waals surface area (Å²) in [6.45, 7) is 5.38. The number of aliphatic imine (C=N–C) groups is 1. The Balaban J connectivity index is 0.00000256. The Morgan fingerprint density at radius 1 is 1.20 bits per heavy atom. The number of halogens is 1. The standard InChI is InChI=1S/C23H36N4O2.HI/c1-24-22(26-17-23(10-3-11-23)19-6-7-19)25-16-21(27-12-14-29-15-13-27)18-4-8-20(28-2)9-5-18;/h4-5,8-9,19,21H,3,6-7,10-17H2,1-2H3,(H2,24,25,26);1H. The lowest BCUT2D eigenvalue weighted by Gasteiger charge is -2.43. The Labute approximate surface area is 198 Å². The van der Waals surface area contributed by atoms with Crippen LogP contribution in [0.3, 0.4) is 0 Å². The highest BCUT2D eigenvalue weighted by molar-refractivity contribution is 14.0. The van der Waals surface area contributed by atoms with E-state index in [0.717, 1.165) is 57.0 Å². The van der Waals surface area contributed by atoms with Crippen LogP contribution in [0.2, 0.25) is 0 Å². The summed E-state index contributed by atoms with van der Waals surface area (Å²) in [5.74, 6) is 2.76. The van der Waals surface area contributed by atoms with Crippen molar-refractivity contribution in [2.75, 3.05) is 53.6 Å². The van der Waals surface area contributed by atoms with Crippen LogP contribution in [-0.2, 0) is 4.74 Å². The third kappa shape index (κ3) is 5.59. The van der Waals surface area contributed by atoms with Crippen molar-refractivity contribution in [1.82, 2.24) is 15.5 Å². The molecule has 7 heteroatoms. The van der Waals surface area contributed by atoms with Crippen LogP contribution in [0.25, 0.3) is 0 Å². The van der Waals surface area contributed by atoms with Gasteiger partial charge in [0, 0.05) is 33.2 Å². The quantitative estimate of drug-likeness (QED) is 0.308. The number of hydrogen-bond donors (Lipinski definition) is 2. The monoisotopic (exact) mass is 528 g/mol. The predicted octanol–water partition coefficient (Wildman–Crippen LogP) is 3.43. The van der Waals surface area contributed by atoms with Gasteiger partial charge in [0.2, 0.25) is 0 Å². The fourth-order valence-corrected chi connectivity index (χ4v) is 4.90. The zero-order valence-electron chi connectivity index (χ0n) is 18.4. The predicted molar refractivity (Wildman–Crippen MR) is 132 cm³/mol. The number of nitrogens with one attached hydrogen (secondary N) is 2. The van der Waals surface area contributed by atoms with E-state index in [4.69, 9.17) is 9.47 Å². The SMILES string of the molecule is CN=C(NCC(c1ccc(OC)cc1)N1CCOCC1)NCC1(C2CC2)CCC1.I. The second-order valence-electron chi connectivity index (χ2n) is 8.73. The lowest BCUT2D eigenvalue weighted by molar-refractivity contribution is 0.0169. The van der Waals surface area contributed by atoms with Crippen LogP contribution in [0.5, 0.6) is 5.75 Å². The van der Waals surface area contributed by atoms with Gasteiger partial charge in [-0.15, -0.1) is 24.0 Å². The lowest BCUT2D eigenvalue weighted by atomic mass is 9.65. The van der Waals surface area contributed by atoms with Crippen LogP contribution in [0.15, 0.2) is 29.3 Å². The Bertz CT molecular complexity index is 683. The van der Waals surface area contributed by atoms with Crippen molar-refractivity contribution in [3.8, 4) is 5.75 Å². The summed E-state index contributed by atoms with van der Waals surface area (Å²) in [5, 5.41) is 7.24. The second kappa shape index (κ2) is 11.0. The maximum Gasteiger partial charge on any atom is 0.191 e. The lowest BCUT2D eigenvalue weighted by Crippen LogP contribution is -2.50. The number of hydrogen-bond acceptors (Lipinski definition) is 4. The molecule has 3 aliphatic rings. The first-order valence-electron chi connectivity index (χ1n) is 11.1. The van der Waals surface area contributed by atoms with E-state index in [-0.39, 0.29) is 30.0 Å². The van der Waals surface area contributed by atoms with Crippen molar-refractivity contribution < 1.29 is 9.47 Å². The normalized spacial score (nSPS) is 22.4. The van der Waals surface area contributed by atoms with E-state index in [2.05, 4.69) is 32.7 Å². The molecule has 2 N–H and O–H groups in total. The number of ether oxygens (including phenoxy) is 2. The summed E-state index contributed by atoms with van der Waals surface area (Å²) in [4.78, 5) is 7.00. The minimum absolute atomic E-state index is 0. The molecule has 1 atom stereocenters. The maximum absolute atomic E-state index is 5.57. The highest BCUT2D eigenvalue weighted by Crippen LogP contribution is 2.56. The topological polar surface area (TPSA) is 58.1 Å². The molecule has 3 fully saturated rings. The van der Waals surface area contributed by atoms with Gasteiger partial charge in [0.25, 0.3) is 0 Å². The summed E-state index contributed by atoms with van der Waals surface area (Å²) in [5.41, 5.74) is 1.83. The molecule has 2 aliphatic carbocycles. The van der Waals surface area contributed by atoms with Crippen molar-refractivity contribution in [3.63, 3.8) is 0 Å². The Kier molecular flexibility index (Phi) is 8.65. The highest BCUT2D eigenvalue weighted by atomic mass is 127. The zero-order valence-corrected chi connectivity index (χ0v) is 20.7. The van der Waals surface area contributed by atoms with E-state index >= 15 is 0 Å². The van der Waals surface area contributed by atoms with Gasteiger partial charge >= 0.3 is 0 Å². The molecule has 0 spiro atoms. The molecule has 1 aliphatic heterocycles. The molecule has 1 unspecified atom stereocenters. The van der Waals surface area contributed by atoms with Crippen LogP contribution in [0, 0.1) is 11.3 Å². The third-order valence-corrected chi connectivity index (χ3v) is 7.07. The number of morpholine rings is 1. The van der Waals surface area contributed by atoms with Crippen LogP contribution < -0.4 is 15.4 Å². The van der Waals surface area contributed by atoms with Crippen molar-refractivity contribution in [1.29, 1.82) is 0 Å². The van der Waals surface area contributed by atoms with Gasteiger partial charge in [0.15, 0.2) is 5.96 Å². The Morgan fingerprint density at radius 3 is 2.43 bits per heavy atom. The average molecular weight is 528 g/mol. The minimum Gasteiger partial charge on any atom is -0.497 e. The first-order chi connectivity index (χ1) is 14.2. The minimum atomic E-state index is 0. The molecule has 1 aromatic rings. The zero-order chi connectivity index (χ0) is 20.1. The fraction of sp³-hybridized carbons (Fsp3) is 0.696. The first-order valence-corrected chi connectivity index (χ1v) is 11.1. The van der Waals surface area contributed by atoms with Gasteiger partial charge in [-0.2, -0.15) is 0 Å². The molecule has 0 radical (unpaired) electrons. The fourth-order valence-electron chi connectivity index (χ4n) is 4.90. The van der Waals surface area contributed by atoms with Crippen LogP contribution in [0.1, 0.15) is 43.7 Å². The molecule has 0 amide bonds. The molecule has 1 saturated heterocycles. The van der Waals surface area contributed by atoms with Gasteiger partial charge in [-0.25, -0.2) is 0 Å². The second-order valence-corrected chi connectivity index (χ2v) is 8.73. The van der Waals surface area contributed by atoms with E-state index in [0.29, 0.717) is 5.41 Å². The smallest absolute Gasteiger partial charge is 0.191 e. The van der Waals surface area contributed by atoms with E-state index in [1.807, 2.05) is 19.2 Å². The summed E-state index contributed by atoms with van der Waals surface area (Å²) in [7, 11) is 3.58. The number of guanidine groups is 1. The van der Waals surface area contributed by atoms with E-state index in [1.165, 1.54) is 37.7 Å². The number of benzene rings is 1. The molecular formula is C23H37IN4O2. The van der Waals surface area contributed by atoms with Crippen LogP contribution >= 0.6 is 24.0 Å². The number of rotatable bonds is 8. The van der Waals surface area contributed by atoms with Gasteiger partial charge in [0.05, 0.1) is 26.4 Å². The van der Waals surface area contributed by atoms with E-state index < -0.39 is 0 Å². The van der Waals surface area contributed by atoms with Crippen molar-refractivity contribution >= 4 is 29.9 Å². The number of methoxy groups -OCH3 is 1. The van der Waals surface area contributed by atoms with Gasteiger partial charge in [-0.1, -0.05) is 18.6 Å². The molecule has 6 nitrogen and oxygen atoms in total. The molecule has 0 bridgehead atoms. The first kappa shape index (κ1) is 23.6. The average Bonchev–Trinajstić information content (AvgIpc) is 3.58. The Hall–Kier alpha value is -1.06. The van der Waals surface area contributed by atoms with Crippen molar-refractivity contribution in [2.24, 2.45) is 16.3 Å². The molecule has 2 saturated carbocycles. The number of nitrogens with zero attached hydrogens (tertiary/aromatic N) is 2. The molecule has 4 rings (SSSR count). The van der Waals surface area contributed by atoms with E-state index in [1.54, 1.807) is 7.11 Å². The molecule has 0 aromatic heterocycles. The summed E-state index contributed by atoms with van der Waals surface area (Å²) < 4.78 is 10.9. The summed E-state index contributed by atoms with van der Waals surface area (Å²) in [6, 6.07) is 8.72. The van der Waals surface area contributed by atoms with Crippen molar-refractivity contribution in [2.45, 2.75) is 38.1 Å². The van der Waals surface area contributed by atoms with Gasteiger partial charge in [-0.05, 0) is 54.7 Å². The summed E-state index contributed by atoms with van der Waals surface area (Å²) in [6.07, 6.45) is 6.99. The van der Waals surface area contributed by atoms with Crippen LogP contribution in [-0.4, -0.2) is 64.4 Å². The summed E-state index contributed by atoms with van der Waals surface area (Å²) >= 11 is 0. The largest absolute Gasteiger partial charge is 0.497 e. The Morgan fingerprint density at radius 2 is 1.90 bits per heavy atom. The molecular weight excluding hydrogens is 491 g/mol. The molecule has 1 heterocycles. The van der Waals surface area contributed by atoms with Gasteiger partial charge in [-0.3, -0.25) is 9.89 Å². The van der Waals surface area contributed by atoms with Gasteiger partial charge < -0.3 is 20.1 Å². The molecule has 168 valence electrons. The third-order valence-electron chi connectivity index (χ3n) is 7.07. The molecule has 1 aromatic carbocycles. The van der Waals surface area contributed by atoms with Gasteiger partial charge in [0.1, 0.15) is 5.75 Å². The highest BCUT2D eigenvalue weighted by Gasteiger charge is 2.48. The maximum atomic E-state index is 5.57. The van der Waals surface area contributed by atoms with Crippen molar-refractivity contribution in [3.05, 3.63) is 29.8 Å². The van der Waals surface area contributed by atoms with Crippen LogP contribution in [0.4, 0.5) is 0 Å². The van der Waals surface area contributed by atoms with E-state index in [9.17, 15) is 0 Å².